The van der Waals surface area contributed by atoms with Crippen molar-refractivity contribution in [3.8, 4) is 0 Å². The number of benzene rings is 1. The molecule has 2 N–H and O–H groups in total. The van der Waals surface area contributed by atoms with Crippen LogP contribution < -0.4 is 10.6 Å². The summed E-state index contributed by atoms with van der Waals surface area (Å²) in [7, 11) is 0. The number of hydrogen-bond donors (Lipinski definition) is 2. The van der Waals surface area contributed by atoms with Crippen molar-refractivity contribution in [1.82, 2.24) is 5.32 Å². The maximum absolute atomic E-state index is 12.6. The summed E-state index contributed by atoms with van der Waals surface area (Å²) in [5.41, 5.74) is -4.13. The van der Waals surface area contributed by atoms with E-state index in [1.54, 1.807) is 6.07 Å². The number of amides is 1. The van der Waals surface area contributed by atoms with E-state index in [1.807, 2.05) is 0 Å². The molecule has 2 unspecified atom stereocenters. The minimum Gasteiger partial charge on any atom is -0.325 e. The van der Waals surface area contributed by atoms with E-state index in [1.165, 1.54) is 18.2 Å². The van der Waals surface area contributed by atoms with E-state index in [9.17, 15) is 18.0 Å². The predicted octanol–water partition coefficient (Wildman–Crippen LogP) is 4.58. The summed E-state index contributed by atoms with van der Waals surface area (Å²) in [6.45, 7) is 0. The molecule has 2 heterocycles. The van der Waals surface area contributed by atoms with E-state index >= 15 is 0 Å². The number of para-hydroxylation sites is 1. The molecule has 0 saturated carbocycles. The highest BCUT2D eigenvalue weighted by Gasteiger charge is 2.34. The maximum atomic E-state index is 12.6. The van der Waals surface area contributed by atoms with Crippen LogP contribution in [0, 0.1) is 5.92 Å². The van der Waals surface area contributed by atoms with Crippen molar-refractivity contribution in [1.29, 1.82) is 0 Å². The normalized spacial score (nSPS) is 25.9. The van der Waals surface area contributed by atoms with Gasteiger partial charge in [-0.15, -0.1) is 12.4 Å². The largest absolute Gasteiger partial charge is 0.446 e. The third-order valence-corrected chi connectivity index (χ3v) is 5.24. The zero-order valence-corrected chi connectivity index (χ0v) is 14.6. The average Bonchev–Trinajstić information content (AvgIpc) is 2.78. The zero-order chi connectivity index (χ0) is 16.4. The quantitative estimate of drug-likeness (QED) is 0.751. The van der Waals surface area contributed by atoms with E-state index in [2.05, 4.69) is 10.6 Å². The van der Waals surface area contributed by atoms with Crippen LogP contribution in [0.3, 0.4) is 0 Å². The Balaban J connectivity index is 0.00000208. The fourth-order valence-corrected chi connectivity index (χ4v) is 4.21. The first-order valence-corrected chi connectivity index (χ1v) is 8.61. The monoisotopic (exact) mass is 380 g/mol. The molecule has 24 heavy (non-hydrogen) atoms. The molecule has 1 amide bonds. The van der Waals surface area contributed by atoms with Crippen LogP contribution in [0.25, 0.3) is 0 Å². The van der Waals surface area contributed by atoms with Crippen LogP contribution >= 0.6 is 24.2 Å². The van der Waals surface area contributed by atoms with Gasteiger partial charge in [-0.05, 0) is 55.5 Å². The van der Waals surface area contributed by atoms with Gasteiger partial charge in [0, 0.05) is 23.4 Å². The van der Waals surface area contributed by atoms with E-state index in [4.69, 9.17) is 0 Å². The molecule has 0 aromatic heterocycles. The number of halogens is 4. The number of nitrogens with one attached hydrogen (secondary N) is 2. The summed E-state index contributed by atoms with van der Waals surface area (Å²) >= 11 is -0.199. The molecule has 3 rings (SSSR count). The van der Waals surface area contributed by atoms with E-state index in [0.29, 0.717) is 24.4 Å². The van der Waals surface area contributed by atoms with Crippen LogP contribution in [0.15, 0.2) is 29.2 Å². The van der Waals surface area contributed by atoms with Crippen molar-refractivity contribution in [2.24, 2.45) is 5.92 Å². The molecule has 0 spiro atoms. The number of rotatable bonds is 4. The number of alkyl halides is 3. The molecular weight excluding hydrogens is 361 g/mol. The number of hydrogen-bond acceptors (Lipinski definition) is 3. The number of thioether (sulfide) groups is 1. The third kappa shape index (κ3) is 5.29. The Bertz CT molecular complexity index is 573. The van der Waals surface area contributed by atoms with Crippen molar-refractivity contribution >= 4 is 35.8 Å². The van der Waals surface area contributed by atoms with Gasteiger partial charge >= 0.3 is 5.51 Å². The van der Waals surface area contributed by atoms with Gasteiger partial charge in [-0.3, -0.25) is 4.79 Å². The van der Waals surface area contributed by atoms with Crippen molar-refractivity contribution in [2.45, 2.75) is 54.6 Å². The Hall–Kier alpha value is -0.920. The molecule has 2 fully saturated rings. The highest BCUT2D eigenvalue weighted by atomic mass is 35.5. The van der Waals surface area contributed by atoms with Gasteiger partial charge in [0.15, 0.2) is 0 Å². The first-order chi connectivity index (χ1) is 10.9. The second-order valence-corrected chi connectivity index (χ2v) is 7.38. The van der Waals surface area contributed by atoms with Crippen LogP contribution in [0.5, 0.6) is 0 Å². The lowest BCUT2D eigenvalue weighted by Gasteiger charge is -2.28. The Morgan fingerprint density at radius 1 is 1.21 bits per heavy atom. The van der Waals surface area contributed by atoms with Gasteiger partial charge < -0.3 is 10.6 Å². The van der Waals surface area contributed by atoms with Gasteiger partial charge in [0.2, 0.25) is 5.91 Å². The first-order valence-electron chi connectivity index (χ1n) is 7.80. The minimum atomic E-state index is -4.37. The molecule has 8 heteroatoms. The summed E-state index contributed by atoms with van der Waals surface area (Å²) in [6.07, 6.45) is 4.65. The van der Waals surface area contributed by atoms with Gasteiger partial charge in [-0.2, -0.15) is 13.2 Å². The van der Waals surface area contributed by atoms with Gasteiger partial charge in [-0.1, -0.05) is 12.1 Å². The van der Waals surface area contributed by atoms with Crippen LogP contribution in [0.1, 0.15) is 32.1 Å². The molecule has 3 nitrogen and oxygen atoms in total. The fraction of sp³-hybridized carbons (Fsp3) is 0.562. The molecule has 2 saturated heterocycles. The molecule has 1 aromatic rings. The number of carbonyl (C=O) groups is 1. The molecule has 1 aromatic carbocycles. The van der Waals surface area contributed by atoms with Crippen molar-refractivity contribution in [3.05, 3.63) is 24.3 Å². The first kappa shape index (κ1) is 19.4. The zero-order valence-electron chi connectivity index (χ0n) is 12.9. The lowest BCUT2D eigenvalue weighted by molar-refractivity contribution is -0.117. The lowest BCUT2D eigenvalue weighted by atomic mass is 9.89. The Morgan fingerprint density at radius 2 is 1.83 bits per heavy atom. The minimum absolute atomic E-state index is 0. The Labute approximate surface area is 149 Å². The Morgan fingerprint density at radius 3 is 2.46 bits per heavy atom. The topological polar surface area (TPSA) is 41.1 Å². The van der Waals surface area contributed by atoms with Crippen molar-refractivity contribution < 1.29 is 18.0 Å². The predicted molar refractivity (Wildman–Crippen MR) is 91.5 cm³/mol. The summed E-state index contributed by atoms with van der Waals surface area (Å²) in [5.74, 6) is 0.114. The lowest BCUT2D eigenvalue weighted by Crippen LogP contribution is -2.39. The molecular formula is C16H20ClF3N2OS. The molecule has 0 aliphatic carbocycles. The van der Waals surface area contributed by atoms with Gasteiger partial charge in [0.25, 0.3) is 0 Å². The average molecular weight is 381 g/mol. The highest BCUT2D eigenvalue weighted by molar-refractivity contribution is 8.00. The molecule has 2 aliphatic heterocycles. The third-order valence-electron chi connectivity index (χ3n) is 4.43. The van der Waals surface area contributed by atoms with Gasteiger partial charge in [0.05, 0.1) is 5.69 Å². The fourth-order valence-electron chi connectivity index (χ4n) is 3.59. The van der Waals surface area contributed by atoms with Crippen molar-refractivity contribution in [2.75, 3.05) is 5.32 Å². The summed E-state index contributed by atoms with van der Waals surface area (Å²) < 4.78 is 37.7. The summed E-state index contributed by atoms with van der Waals surface area (Å²) in [6, 6.07) is 7.05. The van der Waals surface area contributed by atoms with E-state index < -0.39 is 5.51 Å². The number of anilines is 1. The van der Waals surface area contributed by atoms with E-state index in [0.717, 1.165) is 25.7 Å². The van der Waals surface area contributed by atoms with Crippen LogP contribution in [-0.4, -0.2) is 23.5 Å². The molecule has 2 bridgehead atoms. The Kier molecular flexibility index (Phi) is 6.45. The second-order valence-electron chi connectivity index (χ2n) is 6.27. The number of fused-ring (bicyclic) bond motifs is 2. The summed E-state index contributed by atoms with van der Waals surface area (Å²) in [5, 5.41) is 6.17. The molecule has 2 atom stereocenters. The smallest absolute Gasteiger partial charge is 0.325 e. The maximum Gasteiger partial charge on any atom is 0.446 e. The van der Waals surface area contributed by atoms with Crippen LogP contribution in [0.2, 0.25) is 0 Å². The van der Waals surface area contributed by atoms with Crippen LogP contribution in [-0.2, 0) is 4.79 Å². The second kappa shape index (κ2) is 7.97. The van der Waals surface area contributed by atoms with Gasteiger partial charge in [0.1, 0.15) is 0 Å². The van der Waals surface area contributed by atoms with Gasteiger partial charge in [-0.25, -0.2) is 0 Å². The SMILES string of the molecule is Cl.O=C(CC1CC2CCC(C1)N2)Nc1ccccc1SC(F)(F)F. The highest BCUT2D eigenvalue weighted by Crippen LogP contribution is 2.40. The number of piperidine rings is 1. The molecule has 134 valence electrons. The van der Waals surface area contributed by atoms with Crippen LogP contribution in [0.4, 0.5) is 18.9 Å². The standard InChI is InChI=1S/C16H19F3N2OS.ClH/c17-16(18,19)23-14-4-2-1-3-13(14)21-15(22)9-10-7-11-5-6-12(8-10)20-11;/h1-4,10-12,20H,5-9H2,(H,21,22);1H. The van der Waals surface area contributed by atoms with Crippen molar-refractivity contribution in [3.63, 3.8) is 0 Å². The summed E-state index contributed by atoms with van der Waals surface area (Å²) in [4.78, 5) is 12.2. The number of carbonyl (C=O) groups excluding carboxylic acids is 1. The molecule has 2 aliphatic rings. The van der Waals surface area contributed by atoms with E-state index in [-0.39, 0.29) is 40.7 Å². The molecule has 0 radical (unpaired) electrons.